The first kappa shape index (κ1) is 20.4. The lowest BCUT2D eigenvalue weighted by Crippen LogP contribution is -2.39. The lowest BCUT2D eigenvalue weighted by Gasteiger charge is -2.29. The summed E-state index contributed by atoms with van der Waals surface area (Å²) in [6, 6.07) is 7.99. The molecule has 30 heavy (non-hydrogen) atoms. The van der Waals surface area contributed by atoms with E-state index in [9.17, 15) is 4.79 Å². The van der Waals surface area contributed by atoms with E-state index in [1.807, 2.05) is 24.3 Å². The van der Waals surface area contributed by atoms with E-state index < -0.39 is 0 Å². The van der Waals surface area contributed by atoms with E-state index in [0.717, 1.165) is 57.7 Å². The third-order valence-corrected chi connectivity index (χ3v) is 5.60. The Bertz CT molecular complexity index is 831. The lowest BCUT2D eigenvalue weighted by molar-refractivity contribution is 0.0889. The summed E-state index contributed by atoms with van der Waals surface area (Å²) in [4.78, 5) is 23.2. The van der Waals surface area contributed by atoms with Gasteiger partial charge in [-0.2, -0.15) is 4.98 Å². The average Bonchev–Trinajstić information content (AvgIpc) is 2.81. The summed E-state index contributed by atoms with van der Waals surface area (Å²) in [5.74, 6) is 0.891. The van der Waals surface area contributed by atoms with Gasteiger partial charge in [-0.3, -0.25) is 9.78 Å². The van der Waals surface area contributed by atoms with Crippen molar-refractivity contribution >= 4 is 11.6 Å². The highest BCUT2D eigenvalue weighted by molar-refractivity contribution is 5.94. The molecule has 0 bridgehead atoms. The molecular formula is C22H28N4O4. The number of hydrogen-bond donors (Lipinski definition) is 1. The predicted molar refractivity (Wildman–Crippen MR) is 112 cm³/mol. The maximum absolute atomic E-state index is 12.6. The minimum atomic E-state index is -0.0217. The second-order valence-corrected chi connectivity index (χ2v) is 7.61. The largest absolute Gasteiger partial charge is 0.480 e. The van der Waals surface area contributed by atoms with Crippen LogP contribution < -0.4 is 19.7 Å². The van der Waals surface area contributed by atoms with Gasteiger partial charge >= 0.3 is 0 Å². The van der Waals surface area contributed by atoms with E-state index in [-0.39, 0.29) is 18.1 Å². The summed E-state index contributed by atoms with van der Waals surface area (Å²) in [6.07, 6.45) is 6.69. The van der Waals surface area contributed by atoms with Gasteiger partial charge in [0.15, 0.2) is 0 Å². The molecule has 4 rings (SSSR count). The van der Waals surface area contributed by atoms with Crippen LogP contribution in [0.3, 0.4) is 0 Å². The molecule has 1 saturated heterocycles. The second kappa shape index (κ2) is 9.75. The smallest absolute Gasteiger partial charge is 0.251 e. The zero-order valence-corrected chi connectivity index (χ0v) is 17.3. The number of aromatic nitrogens is 2. The number of ether oxygens (including phenoxy) is 3. The first-order chi connectivity index (χ1) is 14.7. The molecular weight excluding hydrogens is 384 g/mol. The van der Waals surface area contributed by atoms with E-state index in [0.29, 0.717) is 17.3 Å². The van der Waals surface area contributed by atoms with Crippen LogP contribution >= 0.6 is 0 Å². The van der Waals surface area contributed by atoms with Crippen molar-refractivity contribution in [1.29, 1.82) is 0 Å². The molecule has 2 heterocycles. The molecule has 0 atom stereocenters. The van der Waals surface area contributed by atoms with Gasteiger partial charge in [0.25, 0.3) is 5.91 Å². The Kier molecular flexibility index (Phi) is 6.63. The molecule has 1 saturated carbocycles. The molecule has 2 aromatic rings. The van der Waals surface area contributed by atoms with E-state index >= 15 is 0 Å². The summed E-state index contributed by atoms with van der Waals surface area (Å²) in [5.41, 5.74) is 1.82. The van der Waals surface area contributed by atoms with Crippen LogP contribution in [-0.4, -0.2) is 61.4 Å². The normalized spacial score (nSPS) is 21.7. The highest BCUT2D eigenvalue weighted by Gasteiger charge is 2.24. The highest BCUT2D eigenvalue weighted by atomic mass is 16.5. The fourth-order valence-electron chi connectivity index (χ4n) is 3.90. The molecule has 0 unspecified atom stereocenters. The predicted octanol–water partition coefficient (Wildman–Crippen LogP) is 2.44. The zero-order valence-electron chi connectivity index (χ0n) is 17.3. The van der Waals surface area contributed by atoms with Crippen LogP contribution in [0, 0.1) is 0 Å². The van der Waals surface area contributed by atoms with E-state index in [1.165, 1.54) is 0 Å². The Morgan fingerprint density at radius 2 is 1.77 bits per heavy atom. The average molecular weight is 412 g/mol. The molecule has 0 spiro atoms. The Hall–Kier alpha value is -2.87. The number of nitrogens with one attached hydrogen (secondary N) is 1. The monoisotopic (exact) mass is 412 g/mol. The third-order valence-electron chi connectivity index (χ3n) is 5.60. The van der Waals surface area contributed by atoms with Crippen molar-refractivity contribution in [2.45, 2.75) is 37.8 Å². The Morgan fingerprint density at radius 1 is 1.07 bits per heavy atom. The third kappa shape index (κ3) is 5.18. The molecule has 0 radical (unpaired) electrons. The number of carbonyl (C=O) groups is 1. The van der Waals surface area contributed by atoms with Crippen molar-refractivity contribution in [2.75, 3.05) is 38.3 Å². The minimum Gasteiger partial charge on any atom is -0.480 e. The van der Waals surface area contributed by atoms with Crippen LogP contribution in [0.15, 0.2) is 36.7 Å². The van der Waals surface area contributed by atoms with Crippen molar-refractivity contribution in [1.82, 2.24) is 15.3 Å². The molecule has 1 aromatic carbocycles. The van der Waals surface area contributed by atoms with Crippen molar-refractivity contribution in [3.8, 4) is 11.8 Å². The molecule has 1 amide bonds. The number of carbonyl (C=O) groups excluding carboxylic acids is 1. The first-order valence-corrected chi connectivity index (χ1v) is 10.5. The number of hydrogen-bond acceptors (Lipinski definition) is 7. The van der Waals surface area contributed by atoms with Crippen molar-refractivity contribution in [3.63, 3.8) is 0 Å². The van der Waals surface area contributed by atoms with E-state index in [4.69, 9.17) is 14.2 Å². The van der Waals surface area contributed by atoms with E-state index in [2.05, 4.69) is 20.2 Å². The number of benzene rings is 1. The molecule has 160 valence electrons. The maximum atomic E-state index is 12.6. The van der Waals surface area contributed by atoms with Gasteiger partial charge in [0.05, 0.1) is 32.7 Å². The number of rotatable bonds is 6. The second-order valence-electron chi connectivity index (χ2n) is 7.61. The van der Waals surface area contributed by atoms with E-state index in [1.54, 1.807) is 19.5 Å². The topological polar surface area (TPSA) is 85.8 Å². The van der Waals surface area contributed by atoms with Crippen LogP contribution in [0.5, 0.6) is 11.8 Å². The van der Waals surface area contributed by atoms with Crippen LogP contribution in [0.1, 0.15) is 36.0 Å². The van der Waals surface area contributed by atoms with Gasteiger partial charge in [-0.15, -0.1) is 0 Å². The molecule has 2 fully saturated rings. The SMILES string of the molecule is COc1cncc(OC2CCC(NC(=O)c3ccc(N4CCOCC4)cc3)CC2)n1. The fraction of sp³-hybridized carbons (Fsp3) is 0.500. The van der Waals surface area contributed by atoms with Gasteiger partial charge < -0.3 is 24.4 Å². The van der Waals surface area contributed by atoms with Crippen LogP contribution in [-0.2, 0) is 4.74 Å². The van der Waals surface area contributed by atoms with Crippen molar-refractivity contribution in [2.24, 2.45) is 0 Å². The minimum absolute atomic E-state index is 0.0217. The number of amides is 1. The van der Waals surface area contributed by atoms with Gasteiger partial charge in [-0.05, 0) is 49.9 Å². The number of methoxy groups -OCH3 is 1. The Balaban J connectivity index is 1.24. The van der Waals surface area contributed by atoms with Crippen LogP contribution in [0.4, 0.5) is 5.69 Å². The Morgan fingerprint density at radius 3 is 2.47 bits per heavy atom. The summed E-state index contributed by atoms with van der Waals surface area (Å²) < 4.78 is 16.4. The molecule has 1 aliphatic heterocycles. The zero-order chi connectivity index (χ0) is 20.8. The van der Waals surface area contributed by atoms with Gasteiger partial charge in [-0.1, -0.05) is 0 Å². The number of morpholine rings is 1. The molecule has 1 N–H and O–H groups in total. The lowest BCUT2D eigenvalue weighted by atomic mass is 9.92. The van der Waals surface area contributed by atoms with Crippen LogP contribution in [0.2, 0.25) is 0 Å². The molecule has 2 aliphatic rings. The van der Waals surface area contributed by atoms with Gasteiger partial charge in [0, 0.05) is 30.4 Å². The summed E-state index contributed by atoms with van der Waals surface area (Å²) in [5, 5.41) is 3.16. The number of anilines is 1. The number of nitrogens with zero attached hydrogens (tertiary/aromatic N) is 3. The molecule has 8 nitrogen and oxygen atoms in total. The molecule has 8 heteroatoms. The summed E-state index contributed by atoms with van der Waals surface area (Å²) in [6.45, 7) is 3.27. The quantitative estimate of drug-likeness (QED) is 0.780. The first-order valence-electron chi connectivity index (χ1n) is 10.5. The highest BCUT2D eigenvalue weighted by Crippen LogP contribution is 2.24. The fourth-order valence-corrected chi connectivity index (χ4v) is 3.90. The van der Waals surface area contributed by atoms with Crippen molar-refractivity contribution in [3.05, 3.63) is 42.2 Å². The summed E-state index contributed by atoms with van der Waals surface area (Å²) in [7, 11) is 1.55. The van der Waals surface area contributed by atoms with Gasteiger partial charge in [0.2, 0.25) is 11.8 Å². The molecule has 1 aromatic heterocycles. The molecule has 1 aliphatic carbocycles. The van der Waals surface area contributed by atoms with Crippen LogP contribution in [0.25, 0.3) is 0 Å². The standard InChI is InChI=1S/C22H28N4O4/c1-28-20-14-23-15-21(25-20)30-19-8-4-17(5-9-19)24-22(27)16-2-6-18(7-3-16)26-10-12-29-13-11-26/h2-3,6-7,14-15,17,19H,4-5,8-13H2,1H3,(H,24,27). The maximum Gasteiger partial charge on any atom is 0.251 e. The Labute approximate surface area is 176 Å². The van der Waals surface area contributed by atoms with Gasteiger partial charge in [-0.25, -0.2) is 0 Å². The van der Waals surface area contributed by atoms with Crippen molar-refractivity contribution < 1.29 is 19.0 Å². The summed E-state index contributed by atoms with van der Waals surface area (Å²) >= 11 is 0. The van der Waals surface area contributed by atoms with Gasteiger partial charge in [0.1, 0.15) is 6.10 Å².